The first-order valence-corrected chi connectivity index (χ1v) is 12.5. The van der Waals surface area contributed by atoms with E-state index < -0.39 is 23.6 Å². The Labute approximate surface area is 229 Å². The first kappa shape index (κ1) is 25.8. The summed E-state index contributed by atoms with van der Waals surface area (Å²) in [4.78, 5) is 54.3. The van der Waals surface area contributed by atoms with Gasteiger partial charge in [0.05, 0.1) is 37.1 Å². The van der Waals surface area contributed by atoms with Crippen LogP contribution in [0.2, 0.25) is 0 Å². The van der Waals surface area contributed by atoms with Gasteiger partial charge in [-0.3, -0.25) is 34.3 Å². The molecule has 0 radical (unpaired) electrons. The molecule has 0 bridgehead atoms. The van der Waals surface area contributed by atoms with Gasteiger partial charge in [-0.15, -0.1) is 0 Å². The third-order valence-corrected chi connectivity index (χ3v) is 6.61. The first-order chi connectivity index (χ1) is 18.8. The van der Waals surface area contributed by atoms with Crippen LogP contribution < -0.4 is 19.7 Å². The standard InChI is InChI=1S/C29H23N3O6S/c1-3-38-20-11-9-19(10-12-20)32-28(36)23(25(33)30-29(32)39)15-17-8-13-24(37-2)18(14-17)16-31-26(34)21-6-4-5-7-22(21)27(31)35/h4-15H,3,16H2,1-2H3,(H,30,33,39). The third-order valence-electron chi connectivity index (χ3n) is 6.33. The average molecular weight is 542 g/mol. The molecule has 0 aliphatic carbocycles. The lowest BCUT2D eigenvalue weighted by molar-refractivity contribution is -0.122. The summed E-state index contributed by atoms with van der Waals surface area (Å²) in [7, 11) is 1.48. The van der Waals surface area contributed by atoms with Crippen molar-refractivity contribution in [2.24, 2.45) is 0 Å². The minimum absolute atomic E-state index is 0.0349. The molecule has 1 N–H and O–H groups in total. The highest BCUT2D eigenvalue weighted by molar-refractivity contribution is 7.80. The van der Waals surface area contributed by atoms with Crippen molar-refractivity contribution in [1.29, 1.82) is 0 Å². The van der Waals surface area contributed by atoms with Crippen molar-refractivity contribution in [3.63, 3.8) is 0 Å². The number of carbonyl (C=O) groups excluding carboxylic acids is 4. The van der Waals surface area contributed by atoms with E-state index in [1.165, 1.54) is 18.1 Å². The van der Waals surface area contributed by atoms with Gasteiger partial charge in [0.2, 0.25) is 0 Å². The predicted molar refractivity (Wildman–Crippen MR) is 147 cm³/mol. The van der Waals surface area contributed by atoms with E-state index in [4.69, 9.17) is 21.7 Å². The largest absolute Gasteiger partial charge is 0.496 e. The molecule has 39 heavy (non-hydrogen) atoms. The van der Waals surface area contributed by atoms with Gasteiger partial charge in [-0.05, 0) is 79.3 Å². The normalized spacial score (nSPS) is 16.1. The molecule has 0 spiro atoms. The summed E-state index contributed by atoms with van der Waals surface area (Å²) in [6.07, 6.45) is 1.44. The zero-order valence-electron chi connectivity index (χ0n) is 21.1. The van der Waals surface area contributed by atoms with Crippen LogP contribution in [0, 0.1) is 0 Å². The molecule has 3 aromatic carbocycles. The molecule has 3 aromatic rings. The topological polar surface area (TPSA) is 105 Å². The Morgan fingerprint density at radius 3 is 2.18 bits per heavy atom. The highest BCUT2D eigenvalue weighted by atomic mass is 32.1. The van der Waals surface area contributed by atoms with Crippen molar-refractivity contribution in [2.75, 3.05) is 18.6 Å². The Kier molecular flexibility index (Phi) is 6.95. The molecule has 5 rings (SSSR count). The summed E-state index contributed by atoms with van der Waals surface area (Å²) < 4.78 is 10.9. The van der Waals surface area contributed by atoms with Crippen LogP contribution in [-0.2, 0) is 16.1 Å². The highest BCUT2D eigenvalue weighted by Gasteiger charge is 2.36. The van der Waals surface area contributed by atoms with E-state index in [0.717, 1.165) is 4.90 Å². The number of rotatable bonds is 7. The van der Waals surface area contributed by atoms with Crippen LogP contribution in [0.25, 0.3) is 6.08 Å². The summed E-state index contributed by atoms with van der Waals surface area (Å²) in [5.74, 6) is -0.938. The van der Waals surface area contributed by atoms with Gasteiger partial charge in [0.25, 0.3) is 23.6 Å². The Hall–Kier alpha value is -4.83. The fourth-order valence-electron chi connectivity index (χ4n) is 4.48. The quantitative estimate of drug-likeness (QED) is 0.210. The van der Waals surface area contributed by atoms with Gasteiger partial charge in [-0.25, -0.2) is 0 Å². The monoisotopic (exact) mass is 541 g/mol. The van der Waals surface area contributed by atoms with Crippen molar-refractivity contribution in [3.8, 4) is 11.5 Å². The lowest BCUT2D eigenvalue weighted by atomic mass is 10.0. The molecule has 0 aromatic heterocycles. The fraction of sp³-hybridized carbons (Fsp3) is 0.138. The molecule has 1 saturated heterocycles. The van der Waals surface area contributed by atoms with E-state index >= 15 is 0 Å². The number of thiocarbonyl (C=S) groups is 1. The van der Waals surface area contributed by atoms with Crippen LogP contribution in [0.3, 0.4) is 0 Å². The van der Waals surface area contributed by atoms with E-state index in [0.29, 0.717) is 46.0 Å². The molecule has 9 nitrogen and oxygen atoms in total. The number of amides is 4. The second-order valence-electron chi connectivity index (χ2n) is 8.70. The van der Waals surface area contributed by atoms with Gasteiger partial charge in [0.15, 0.2) is 5.11 Å². The number of imide groups is 1. The molecule has 196 valence electrons. The van der Waals surface area contributed by atoms with Crippen LogP contribution in [0.5, 0.6) is 11.5 Å². The molecule has 2 aliphatic rings. The summed E-state index contributed by atoms with van der Waals surface area (Å²) in [5, 5.41) is 2.53. The van der Waals surface area contributed by atoms with Crippen molar-refractivity contribution in [2.45, 2.75) is 13.5 Å². The maximum atomic E-state index is 13.4. The van der Waals surface area contributed by atoms with Crippen molar-refractivity contribution < 1.29 is 28.7 Å². The van der Waals surface area contributed by atoms with Gasteiger partial charge in [-0.2, -0.15) is 0 Å². The maximum absolute atomic E-state index is 13.4. The molecule has 2 heterocycles. The summed E-state index contributed by atoms with van der Waals surface area (Å²) in [6.45, 7) is 2.32. The first-order valence-electron chi connectivity index (χ1n) is 12.1. The van der Waals surface area contributed by atoms with Crippen molar-refractivity contribution in [1.82, 2.24) is 10.2 Å². The number of methoxy groups -OCH3 is 1. The van der Waals surface area contributed by atoms with E-state index in [1.54, 1.807) is 66.7 Å². The minimum atomic E-state index is -0.634. The SMILES string of the molecule is CCOc1ccc(N2C(=O)C(=Cc3ccc(OC)c(CN4C(=O)c5ccccc5C4=O)c3)C(=O)NC2=S)cc1. The molecular formula is C29H23N3O6S. The second-order valence-corrected chi connectivity index (χ2v) is 9.08. The molecule has 10 heteroatoms. The molecule has 0 unspecified atom stereocenters. The van der Waals surface area contributed by atoms with Gasteiger partial charge in [0.1, 0.15) is 17.1 Å². The molecule has 0 atom stereocenters. The van der Waals surface area contributed by atoms with Gasteiger partial charge in [-0.1, -0.05) is 18.2 Å². The highest BCUT2D eigenvalue weighted by Crippen LogP contribution is 2.29. The van der Waals surface area contributed by atoms with Gasteiger partial charge >= 0.3 is 0 Å². The van der Waals surface area contributed by atoms with Crippen LogP contribution in [0.4, 0.5) is 5.69 Å². The average Bonchev–Trinajstić information content (AvgIpc) is 3.17. The second kappa shape index (κ2) is 10.5. The number of nitrogens with one attached hydrogen (secondary N) is 1. The van der Waals surface area contributed by atoms with Crippen molar-refractivity contribution >= 4 is 52.7 Å². The number of ether oxygens (including phenoxy) is 2. The lowest BCUT2D eigenvalue weighted by Gasteiger charge is -2.29. The molecular weight excluding hydrogens is 518 g/mol. The van der Waals surface area contributed by atoms with E-state index in [1.807, 2.05) is 6.92 Å². The maximum Gasteiger partial charge on any atom is 0.270 e. The van der Waals surface area contributed by atoms with Crippen LogP contribution in [0.15, 0.2) is 72.3 Å². The van der Waals surface area contributed by atoms with Crippen LogP contribution in [0.1, 0.15) is 38.8 Å². The zero-order chi connectivity index (χ0) is 27.7. The summed E-state index contributed by atoms with van der Waals surface area (Å²) >= 11 is 5.28. The number of anilines is 1. The van der Waals surface area contributed by atoms with Crippen molar-refractivity contribution in [3.05, 3.63) is 94.6 Å². The number of hydrogen-bond donors (Lipinski definition) is 1. The number of benzene rings is 3. The zero-order valence-corrected chi connectivity index (χ0v) is 21.9. The molecule has 0 saturated carbocycles. The van der Waals surface area contributed by atoms with E-state index in [9.17, 15) is 19.2 Å². The Bertz CT molecular complexity index is 1530. The summed E-state index contributed by atoms with van der Waals surface area (Å²) in [6, 6.07) is 18.4. The minimum Gasteiger partial charge on any atom is -0.496 e. The summed E-state index contributed by atoms with van der Waals surface area (Å²) in [5.41, 5.74) is 2.06. The Morgan fingerprint density at radius 2 is 1.56 bits per heavy atom. The number of hydrogen-bond acceptors (Lipinski definition) is 7. The smallest absolute Gasteiger partial charge is 0.270 e. The number of carbonyl (C=O) groups is 4. The van der Waals surface area contributed by atoms with Gasteiger partial charge in [0, 0.05) is 5.56 Å². The molecule has 4 amide bonds. The van der Waals surface area contributed by atoms with E-state index in [2.05, 4.69) is 5.32 Å². The number of fused-ring (bicyclic) bond motifs is 1. The van der Waals surface area contributed by atoms with E-state index in [-0.39, 0.29) is 17.2 Å². The number of nitrogens with zero attached hydrogens (tertiary/aromatic N) is 2. The molecule has 1 fully saturated rings. The van der Waals surface area contributed by atoms with Gasteiger partial charge < -0.3 is 9.47 Å². The third kappa shape index (κ3) is 4.77. The lowest BCUT2D eigenvalue weighted by Crippen LogP contribution is -2.54. The van der Waals surface area contributed by atoms with Crippen LogP contribution in [-0.4, -0.2) is 47.4 Å². The van der Waals surface area contributed by atoms with Crippen LogP contribution >= 0.6 is 12.2 Å². The fourth-order valence-corrected chi connectivity index (χ4v) is 4.76. The molecule has 2 aliphatic heterocycles. The Balaban J connectivity index is 1.45. The predicted octanol–water partition coefficient (Wildman–Crippen LogP) is 3.72. The Morgan fingerprint density at radius 1 is 0.897 bits per heavy atom.